The van der Waals surface area contributed by atoms with Crippen LogP contribution in [0.1, 0.15) is 19.3 Å². The van der Waals surface area contributed by atoms with E-state index in [0.29, 0.717) is 6.54 Å². The molecule has 0 aliphatic carbocycles. The van der Waals surface area contributed by atoms with Crippen molar-refractivity contribution >= 4 is 15.7 Å². The summed E-state index contributed by atoms with van der Waals surface area (Å²) in [4.78, 5) is 10.1. The van der Waals surface area contributed by atoms with E-state index in [9.17, 15) is 18.5 Å². The van der Waals surface area contributed by atoms with Crippen molar-refractivity contribution in [3.8, 4) is 0 Å². The molecule has 1 fully saturated rings. The molecule has 0 aromatic heterocycles. The zero-order valence-electron chi connectivity index (χ0n) is 10.9. The van der Waals surface area contributed by atoms with E-state index < -0.39 is 14.9 Å². The Morgan fingerprint density at radius 2 is 2.15 bits per heavy atom. The van der Waals surface area contributed by atoms with Gasteiger partial charge in [-0.2, -0.15) is 4.31 Å². The standard InChI is InChI=1S/C12H17N3O4S/c13-9-11-4-1-2-7-14(11)20(18,19)12-6-3-5-10(8-12)15(16)17/h3,5-6,8,11H,1-2,4,7,9,13H2. The fourth-order valence-electron chi connectivity index (χ4n) is 2.42. The Kier molecular flexibility index (Phi) is 4.36. The van der Waals surface area contributed by atoms with Crippen LogP contribution in [-0.2, 0) is 10.0 Å². The monoisotopic (exact) mass is 299 g/mol. The number of nitrogens with zero attached hydrogens (tertiary/aromatic N) is 2. The van der Waals surface area contributed by atoms with Crippen LogP contribution in [0.25, 0.3) is 0 Å². The number of nitro benzene ring substituents is 1. The molecule has 2 rings (SSSR count). The first kappa shape index (κ1) is 14.9. The molecule has 1 saturated heterocycles. The Morgan fingerprint density at radius 1 is 1.40 bits per heavy atom. The number of hydrogen-bond donors (Lipinski definition) is 1. The number of rotatable bonds is 4. The number of nitro groups is 1. The summed E-state index contributed by atoms with van der Waals surface area (Å²) in [7, 11) is -3.73. The van der Waals surface area contributed by atoms with Crippen LogP contribution in [0, 0.1) is 10.1 Å². The summed E-state index contributed by atoms with van der Waals surface area (Å²) in [6, 6.07) is 4.90. The molecule has 0 amide bonds. The highest BCUT2D eigenvalue weighted by molar-refractivity contribution is 7.89. The van der Waals surface area contributed by atoms with E-state index in [0.717, 1.165) is 25.3 Å². The van der Waals surface area contributed by atoms with Crippen LogP contribution < -0.4 is 5.73 Å². The molecular weight excluding hydrogens is 282 g/mol. The van der Waals surface area contributed by atoms with Crippen LogP contribution >= 0.6 is 0 Å². The zero-order valence-corrected chi connectivity index (χ0v) is 11.8. The average Bonchev–Trinajstić information content (AvgIpc) is 2.47. The molecule has 7 nitrogen and oxygen atoms in total. The van der Waals surface area contributed by atoms with Gasteiger partial charge in [0.2, 0.25) is 10.0 Å². The normalized spacial score (nSPS) is 20.8. The predicted molar refractivity (Wildman–Crippen MR) is 73.7 cm³/mol. The van der Waals surface area contributed by atoms with E-state index >= 15 is 0 Å². The van der Waals surface area contributed by atoms with Crippen LogP contribution in [0.15, 0.2) is 29.2 Å². The Labute approximate surface area is 117 Å². The highest BCUT2D eigenvalue weighted by atomic mass is 32.2. The minimum atomic E-state index is -3.73. The van der Waals surface area contributed by atoms with E-state index in [-0.39, 0.29) is 23.2 Å². The molecule has 1 aromatic carbocycles. The van der Waals surface area contributed by atoms with Gasteiger partial charge in [0.15, 0.2) is 0 Å². The van der Waals surface area contributed by atoms with Gasteiger partial charge in [-0.3, -0.25) is 10.1 Å². The lowest BCUT2D eigenvalue weighted by atomic mass is 10.1. The average molecular weight is 299 g/mol. The predicted octanol–water partition coefficient (Wildman–Crippen LogP) is 1.10. The van der Waals surface area contributed by atoms with Gasteiger partial charge >= 0.3 is 0 Å². The lowest BCUT2D eigenvalue weighted by Crippen LogP contribution is -2.47. The van der Waals surface area contributed by atoms with Gasteiger partial charge in [0, 0.05) is 31.3 Å². The van der Waals surface area contributed by atoms with Gasteiger partial charge in [-0.1, -0.05) is 12.5 Å². The third-order valence-electron chi connectivity index (χ3n) is 3.48. The van der Waals surface area contributed by atoms with Crippen LogP contribution in [0.2, 0.25) is 0 Å². The van der Waals surface area contributed by atoms with E-state index in [2.05, 4.69) is 0 Å². The topological polar surface area (TPSA) is 107 Å². The number of hydrogen-bond acceptors (Lipinski definition) is 5. The summed E-state index contributed by atoms with van der Waals surface area (Å²) in [5.74, 6) is 0. The quantitative estimate of drug-likeness (QED) is 0.661. The van der Waals surface area contributed by atoms with Crippen molar-refractivity contribution in [2.24, 2.45) is 5.73 Å². The van der Waals surface area contributed by atoms with Crippen molar-refractivity contribution in [3.63, 3.8) is 0 Å². The molecule has 1 heterocycles. The molecule has 1 unspecified atom stereocenters. The minimum Gasteiger partial charge on any atom is -0.329 e. The molecular formula is C12H17N3O4S. The van der Waals surface area contributed by atoms with Gasteiger partial charge in [-0.15, -0.1) is 0 Å². The second kappa shape index (κ2) is 5.86. The second-order valence-corrected chi connectivity index (χ2v) is 6.65. The lowest BCUT2D eigenvalue weighted by molar-refractivity contribution is -0.385. The fraction of sp³-hybridized carbons (Fsp3) is 0.500. The van der Waals surface area contributed by atoms with E-state index in [4.69, 9.17) is 5.73 Å². The van der Waals surface area contributed by atoms with Gasteiger partial charge in [0.1, 0.15) is 0 Å². The first-order valence-electron chi connectivity index (χ1n) is 6.43. The molecule has 110 valence electrons. The molecule has 2 N–H and O–H groups in total. The van der Waals surface area contributed by atoms with E-state index in [1.165, 1.54) is 22.5 Å². The molecule has 0 radical (unpaired) electrons. The number of benzene rings is 1. The molecule has 1 atom stereocenters. The number of sulfonamides is 1. The second-order valence-electron chi connectivity index (χ2n) is 4.76. The molecule has 0 saturated carbocycles. The zero-order chi connectivity index (χ0) is 14.8. The van der Waals surface area contributed by atoms with Crippen molar-refractivity contribution in [1.29, 1.82) is 0 Å². The maximum Gasteiger partial charge on any atom is 0.270 e. The third kappa shape index (κ3) is 2.82. The molecule has 20 heavy (non-hydrogen) atoms. The highest BCUT2D eigenvalue weighted by Gasteiger charge is 2.33. The Hall–Kier alpha value is -1.51. The van der Waals surface area contributed by atoms with Gasteiger partial charge in [-0.25, -0.2) is 8.42 Å². The first-order valence-corrected chi connectivity index (χ1v) is 7.87. The maximum absolute atomic E-state index is 12.6. The van der Waals surface area contributed by atoms with Crippen LogP contribution in [0.5, 0.6) is 0 Å². The molecule has 1 aromatic rings. The SMILES string of the molecule is NCC1CCCCN1S(=O)(=O)c1cccc([N+](=O)[O-])c1. The first-order chi connectivity index (χ1) is 9.46. The van der Waals surface area contributed by atoms with Crippen molar-refractivity contribution in [2.75, 3.05) is 13.1 Å². The lowest BCUT2D eigenvalue weighted by Gasteiger charge is -2.33. The summed E-state index contributed by atoms with van der Waals surface area (Å²) >= 11 is 0. The fourth-order valence-corrected chi connectivity index (χ4v) is 4.16. The molecule has 1 aliphatic heterocycles. The molecule has 8 heteroatoms. The van der Waals surface area contributed by atoms with Crippen molar-refractivity contribution in [3.05, 3.63) is 34.4 Å². The summed E-state index contributed by atoms with van der Waals surface area (Å²) in [6.45, 7) is 0.668. The van der Waals surface area contributed by atoms with Crippen molar-refractivity contribution in [1.82, 2.24) is 4.31 Å². The molecule has 1 aliphatic rings. The van der Waals surface area contributed by atoms with Crippen molar-refractivity contribution < 1.29 is 13.3 Å². The highest BCUT2D eigenvalue weighted by Crippen LogP contribution is 2.26. The largest absolute Gasteiger partial charge is 0.329 e. The molecule has 0 spiro atoms. The summed E-state index contributed by atoms with van der Waals surface area (Å²) in [5, 5.41) is 10.8. The van der Waals surface area contributed by atoms with E-state index in [1.54, 1.807) is 0 Å². The Morgan fingerprint density at radius 3 is 2.80 bits per heavy atom. The number of piperidine rings is 1. The van der Waals surface area contributed by atoms with Crippen molar-refractivity contribution in [2.45, 2.75) is 30.2 Å². The summed E-state index contributed by atoms with van der Waals surface area (Å²) in [5.41, 5.74) is 5.40. The van der Waals surface area contributed by atoms with Gasteiger partial charge in [0.25, 0.3) is 5.69 Å². The minimum absolute atomic E-state index is 0.0490. The van der Waals surface area contributed by atoms with Crippen LogP contribution in [-0.4, -0.2) is 36.8 Å². The van der Waals surface area contributed by atoms with Gasteiger partial charge < -0.3 is 5.73 Å². The van der Waals surface area contributed by atoms with E-state index in [1.807, 2.05) is 0 Å². The number of non-ortho nitro benzene ring substituents is 1. The number of nitrogens with two attached hydrogens (primary N) is 1. The maximum atomic E-state index is 12.6. The van der Waals surface area contributed by atoms with Crippen LogP contribution in [0.3, 0.4) is 0 Å². The molecule has 0 bridgehead atoms. The smallest absolute Gasteiger partial charge is 0.270 e. The Balaban J connectivity index is 2.38. The van der Waals surface area contributed by atoms with Gasteiger partial charge in [0.05, 0.1) is 9.82 Å². The third-order valence-corrected chi connectivity index (χ3v) is 5.43. The van der Waals surface area contributed by atoms with Gasteiger partial charge in [-0.05, 0) is 18.9 Å². The summed E-state index contributed by atoms with van der Waals surface area (Å²) in [6.07, 6.45) is 2.46. The summed E-state index contributed by atoms with van der Waals surface area (Å²) < 4.78 is 26.5. The Bertz CT molecular complexity index is 602. The van der Waals surface area contributed by atoms with Crippen LogP contribution in [0.4, 0.5) is 5.69 Å².